The first-order chi connectivity index (χ1) is 18.5. The number of rotatable bonds is 11. The number of methoxy groups -OCH3 is 1. The summed E-state index contributed by atoms with van der Waals surface area (Å²) in [7, 11) is 3.28. The van der Waals surface area contributed by atoms with Gasteiger partial charge in [-0.2, -0.15) is 0 Å². The number of fused-ring (bicyclic) bond motifs is 1. The molecule has 2 aromatic carbocycles. The van der Waals surface area contributed by atoms with Crippen molar-refractivity contribution in [1.82, 2.24) is 15.3 Å². The summed E-state index contributed by atoms with van der Waals surface area (Å²) in [4.78, 5) is 30.3. The number of primary amides is 1. The summed E-state index contributed by atoms with van der Waals surface area (Å²) in [6, 6.07) is 19.3. The number of para-hydroxylation sites is 1. The smallest absolute Gasteiger partial charge is 0.404 e. The van der Waals surface area contributed by atoms with E-state index in [9.17, 15) is 9.59 Å². The third-order valence-corrected chi connectivity index (χ3v) is 5.75. The zero-order valence-electron chi connectivity index (χ0n) is 21.8. The molecule has 0 saturated carbocycles. The molecule has 3 N–H and O–H groups in total. The zero-order chi connectivity index (χ0) is 27.2. The Labute approximate surface area is 222 Å². The number of benzene rings is 2. The highest BCUT2D eigenvalue weighted by molar-refractivity contribution is 5.85. The van der Waals surface area contributed by atoms with Crippen LogP contribution in [0.1, 0.15) is 43.6 Å². The van der Waals surface area contributed by atoms with Crippen LogP contribution in [0.4, 0.5) is 4.79 Å². The van der Waals surface area contributed by atoms with Gasteiger partial charge in [0.25, 0.3) is 0 Å². The number of oxazole rings is 1. The van der Waals surface area contributed by atoms with E-state index in [1.165, 1.54) is 0 Å². The molecule has 0 atom stereocenters. The molecule has 2 aromatic heterocycles. The molecule has 200 valence electrons. The molecule has 2 amide bonds. The van der Waals surface area contributed by atoms with Crippen molar-refractivity contribution in [1.29, 1.82) is 0 Å². The van der Waals surface area contributed by atoms with Crippen LogP contribution >= 0.6 is 0 Å². The Balaban J connectivity index is 0.000000304. The minimum absolute atomic E-state index is 0.102. The molecule has 38 heavy (non-hydrogen) atoms. The molecular formula is C29H34N4O5. The highest BCUT2D eigenvalue weighted by Gasteiger charge is 2.14. The van der Waals surface area contributed by atoms with Crippen molar-refractivity contribution in [3.63, 3.8) is 0 Å². The number of amides is 2. The number of nitrogens with two attached hydrogens (primary N) is 1. The second kappa shape index (κ2) is 15.0. The molecule has 2 heterocycles. The fraction of sp³-hybridized carbons (Fsp3) is 0.310. The van der Waals surface area contributed by atoms with E-state index in [4.69, 9.17) is 14.9 Å². The summed E-state index contributed by atoms with van der Waals surface area (Å²) in [5.74, 6) is 2.02. The summed E-state index contributed by atoms with van der Waals surface area (Å²) in [5, 5.41) is 3.67. The van der Waals surface area contributed by atoms with Crippen LogP contribution in [0.15, 0.2) is 71.3 Å². The topological polar surface area (TPSA) is 130 Å². The zero-order valence-corrected chi connectivity index (χ0v) is 21.8. The Bertz CT molecular complexity index is 1310. The number of aromatic nitrogens is 2. The molecule has 0 unspecified atom stereocenters. The lowest BCUT2D eigenvalue weighted by Gasteiger charge is -2.07. The predicted octanol–water partition coefficient (Wildman–Crippen LogP) is 5.42. The van der Waals surface area contributed by atoms with Crippen LogP contribution in [0.3, 0.4) is 0 Å². The molecule has 0 radical (unpaired) electrons. The number of hydrogen-bond donors (Lipinski definition) is 2. The van der Waals surface area contributed by atoms with E-state index >= 15 is 0 Å². The average Bonchev–Trinajstić information content (AvgIpc) is 3.42. The highest BCUT2D eigenvalue weighted by atomic mass is 16.5. The third-order valence-electron chi connectivity index (χ3n) is 5.75. The van der Waals surface area contributed by atoms with Crippen molar-refractivity contribution in [3.8, 4) is 17.2 Å². The van der Waals surface area contributed by atoms with Gasteiger partial charge in [-0.25, -0.2) is 14.8 Å². The maximum Gasteiger partial charge on any atom is 0.404 e. The van der Waals surface area contributed by atoms with E-state index in [2.05, 4.69) is 20.0 Å². The monoisotopic (exact) mass is 518 g/mol. The van der Waals surface area contributed by atoms with Crippen LogP contribution in [-0.2, 0) is 22.6 Å². The molecule has 0 aliphatic rings. The van der Waals surface area contributed by atoms with Gasteiger partial charge in [0.2, 0.25) is 11.8 Å². The van der Waals surface area contributed by atoms with Gasteiger partial charge in [0.1, 0.15) is 6.61 Å². The Hall–Kier alpha value is -4.40. The SMILES string of the molecule is CNC(=O)CCCCCCc1ncc(-c2cc3ccccc3nc2OC)o1.NC(=O)OCc1ccccc1. The van der Waals surface area contributed by atoms with Gasteiger partial charge in [-0.05, 0) is 30.5 Å². The van der Waals surface area contributed by atoms with Crippen molar-refractivity contribution in [2.24, 2.45) is 5.73 Å². The highest BCUT2D eigenvalue weighted by Crippen LogP contribution is 2.32. The molecular weight excluding hydrogens is 484 g/mol. The number of ether oxygens (including phenoxy) is 2. The van der Waals surface area contributed by atoms with E-state index in [-0.39, 0.29) is 12.5 Å². The van der Waals surface area contributed by atoms with Crippen LogP contribution in [0.5, 0.6) is 5.88 Å². The lowest BCUT2D eigenvalue weighted by molar-refractivity contribution is -0.120. The molecule has 0 aliphatic carbocycles. The van der Waals surface area contributed by atoms with E-state index in [1.54, 1.807) is 20.4 Å². The van der Waals surface area contributed by atoms with Crippen molar-refractivity contribution in [3.05, 3.63) is 78.3 Å². The first kappa shape index (κ1) is 28.2. The Morgan fingerprint density at radius 2 is 1.74 bits per heavy atom. The molecule has 0 bridgehead atoms. The molecule has 0 saturated heterocycles. The van der Waals surface area contributed by atoms with Crippen molar-refractivity contribution < 1.29 is 23.5 Å². The standard InChI is InChI=1S/C21H25N3O3.C8H9NO2/c1-22-19(25)11-5-3-4-6-12-20-23-14-18(27-20)16-13-15-9-7-8-10-17(15)24-21(16)26-2;9-8(10)11-6-7-4-2-1-3-5-7/h7-10,13-14H,3-6,11-12H2,1-2H3,(H,22,25);1-5H,6H2,(H2,9,10). The van der Waals surface area contributed by atoms with Gasteiger partial charge in [0.15, 0.2) is 11.7 Å². The second-order valence-corrected chi connectivity index (χ2v) is 8.54. The minimum Gasteiger partial charge on any atom is -0.480 e. The molecule has 9 nitrogen and oxygen atoms in total. The summed E-state index contributed by atoms with van der Waals surface area (Å²) in [6.07, 6.45) is 6.34. The Kier molecular flexibility index (Phi) is 11.1. The van der Waals surface area contributed by atoms with Crippen molar-refractivity contribution >= 4 is 22.9 Å². The van der Waals surface area contributed by atoms with E-state index in [0.29, 0.717) is 24.0 Å². The van der Waals surface area contributed by atoms with E-state index in [0.717, 1.165) is 54.1 Å². The fourth-order valence-electron chi connectivity index (χ4n) is 3.75. The van der Waals surface area contributed by atoms with Gasteiger partial charge in [0, 0.05) is 25.3 Å². The number of nitrogens with zero attached hydrogens (tertiary/aromatic N) is 2. The fourth-order valence-corrected chi connectivity index (χ4v) is 3.75. The maximum atomic E-state index is 11.2. The normalized spacial score (nSPS) is 10.4. The van der Waals surface area contributed by atoms with Gasteiger partial charge in [-0.3, -0.25) is 4.79 Å². The van der Waals surface area contributed by atoms with Crippen molar-refractivity contribution in [2.75, 3.05) is 14.2 Å². The number of carbonyl (C=O) groups excluding carboxylic acids is 2. The number of carbonyl (C=O) groups is 2. The van der Waals surface area contributed by atoms with Gasteiger partial charge < -0.3 is 24.9 Å². The molecule has 9 heteroatoms. The third kappa shape index (κ3) is 8.92. The number of unbranched alkanes of at least 4 members (excludes halogenated alkanes) is 3. The van der Waals surface area contributed by atoms with Gasteiger partial charge in [-0.1, -0.05) is 61.4 Å². The van der Waals surface area contributed by atoms with Crippen molar-refractivity contribution in [2.45, 2.75) is 45.1 Å². The maximum absolute atomic E-state index is 11.2. The average molecular weight is 519 g/mol. The van der Waals surface area contributed by atoms with Crippen LogP contribution in [0.2, 0.25) is 0 Å². The first-order valence-corrected chi connectivity index (χ1v) is 12.6. The molecule has 0 fully saturated rings. The van der Waals surface area contributed by atoms with Crippen LogP contribution in [0, 0.1) is 0 Å². The summed E-state index contributed by atoms with van der Waals surface area (Å²) in [6.45, 7) is 0.246. The lowest BCUT2D eigenvalue weighted by atomic mass is 10.1. The van der Waals surface area contributed by atoms with Gasteiger partial charge >= 0.3 is 6.09 Å². The van der Waals surface area contributed by atoms with Gasteiger partial charge in [-0.15, -0.1) is 0 Å². The number of pyridine rings is 1. The predicted molar refractivity (Wildman–Crippen MR) is 145 cm³/mol. The van der Waals surface area contributed by atoms with Gasteiger partial charge in [0.05, 0.1) is 24.4 Å². The first-order valence-electron chi connectivity index (χ1n) is 12.6. The van der Waals surface area contributed by atoms with Crippen LogP contribution in [0.25, 0.3) is 22.2 Å². The minimum atomic E-state index is -0.742. The number of hydrogen-bond acceptors (Lipinski definition) is 7. The molecule has 4 rings (SSSR count). The van der Waals surface area contributed by atoms with E-state index in [1.807, 2.05) is 60.7 Å². The molecule has 4 aromatic rings. The number of nitrogens with one attached hydrogen (secondary N) is 1. The Morgan fingerprint density at radius 1 is 1.00 bits per heavy atom. The van der Waals surface area contributed by atoms with E-state index < -0.39 is 6.09 Å². The summed E-state index contributed by atoms with van der Waals surface area (Å²) >= 11 is 0. The number of aryl methyl sites for hydroxylation is 1. The van der Waals surface area contributed by atoms with Crippen LogP contribution in [-0.4, -0.2) is 36.1 Å². The quantitative estimate of drug-likeness (QED) is 0.254. The molecule has 0 aliphatic heterocycles. The lowest BCUT2D eigenvalue weighted by Crippen LogP contribution is -2.16. The summed E-state index contributed by atoms with van der Waals surface area (Å²) < 4.78 is 15.9. The van der Waals surface area contributed by atoms with Crippen LogP contribution < -0.4 is 15.8 Å². The molecule has 0 spiro atoms. The Morgan fingerprint density at radius 3 is 2.47 bits per heavy atom. The second-order valence-electron chi connectivity index (χ2n) is 8.54. The summed E-state index contributed by atoms with van der Waals surface area (Å²) in [5.41, 5.74) is 7.41. The largest absolute Gasteiger partial charge is 0.480 e.